The van der Waals surface area contributed by atoms with Gasteiger partial charge in [-0.1, -0.05) is 13.8 Å². The number of rotatable bonds is 2. The zero-order chi connectivity index (χ0) is 10.8. The van der Waals surface area contributed by atoms with E-state index in [-0.39, 0.29) is 0 Å². The van der Waals surface area contributed by atoms with Crippen LogP contribution in [0.25, 0.3) is 0 Å². The Morgan fingerprint density at radius 1 is 1.47 bits per heavy atom. The Bertz CT molecular complexity index is 313. The van der Waals surface area contributed by atoms with E-state index in [1.54, 1.807) is 0 Å². The van der Waals surface area contributed by atoms with E-state index in [9.17, 15) is 0 Å². The minimum atomic E-state index is 0.683. The summed E-state index contributed by atoms with van der Waals surface area (Å²) in [6.45, 7) is 8.02. The normalized spacial score (nSPS) is 28.1. The molecule has 15 heavy (non-hydrogen) atoms. The third kappa shape index (κ3) is 2.92. The van der Waals surface area contributed by atoms with Gasteiger partial charge in [-0.25, -0.2) is 4.98 Å². The average molecular weight is 225 g/mol. The van der Waals surface area contributed by atoms with Crippen LogP contribution in [0, 0.1) is 11.8 Å². The molecule has 2 N–H and O–H groups in total. The summed E-state index contributed by atoms with van der Waals surface area (Å²) in [6.07, 6.45) is 1.36. The van der Waals surface area contributed by atoms with Crippen LogP contribution in [0.3, 0.4) is 0 Å². The van der Waals surface area contributed by atoms with Gasteiger partial charge in [-0.15, -0.1) is 11.3 Å². The fourth-order valence-electron chi connectivity index (χ4n) is 2.55. The molecular formula is C11H19N3S. The summed E-state index contributed by atoms with van der Waals surface area (Å²) in [5, 5.41) is 2.75. The van der Waals surface area contributed by atoms with Crippen LogP contribution in [0.4, 0.5) is 5.13 Å². The number of anilines is 1. The molecule has 2 atom stereocenters. The van der Waals surface area contributed by atoms with E-state index in [1.165, 1.54) is 30.8 Å². The molecule has 1 saturated heterocycles. The molecule has 3 nitrogen and oxygen atoms in total. The minimum absolute atomic E-state index is 0.683. The molecule has 2 heterocycles. The Morgan fingerprint density at radius 3 is 2.67 bits per heavy atom. The van der Waals surface area contributed by atoms with E-state index in [0.717, 1.165) is 24.1 Å². The van der Waals surface area contributed by atoms with E-state index in [2.05, 4.69) is 29.1 Å². The molecule has 84 valence electrons. The maximum absolute atomic E-state index is 5.63. The molecule has 1 aliphatic heterocycles. The van der Waals surface area contributed by atoms with Crippen molar-refractivity contribution in [3.05, 3.63) is 11.1 Å². The van der Waals surface area contributed by atoms with Gasteiger partial charge in [0.15, 0.2) is 5.13 Å². The van der Waals surface area contributed by atoms with Gasteiger partial charge in [0.05, 0.1) is 5.69 Å². The monoisotopic (exact) mass is 225 g/mol. The van der Waals surface area contributed by atoms with Crippen molar-refractivity contribution in [2.45, 2.75) is 26.8 Å². The van der Waals surface area contributed by atoms with Crippen molar-refractivity contribution in [1.82, 2.24) is 9.88 Å². The molecule has 1 aliphatic rings. The van der Waals surface area contributed by atoms with Crippen molar-refractivity contribution >= 4 is 16.5 Å². The third-order valence-electron chi connectivity index (χ3n) is 2.90. The van der Waals surface area contributed by atoms with Gasteiger partial charge in [0.2, 0.25) is 0 Å². The first-order chi connectivity index (χ1) is 7.13. The number of hydrogen-bond donors (Lipinski definition) is 1. The highest BCUT2D eigenvalue weighted by atomic mass is 32.1. The van der Waals surface area contributed by atoms with Crippen LogP contribution < -0.4 is 5.73 Å². The standard InChI is InChI=1S/C11H19N3S/c1-8-3-9(2)5-14(4-8)6-10-7-15-11(12)13-10/h7-9H,3-6H2,1-2H3,(H2,12,13)/t8-,9-/m0/s1. The first kappa shape index (κ1) is 10.9. The number of hydrogen-bond acceptors (Lipinski definition) is 4. The van der Waals surface area contributed by atoms with E-state index in [0.29, 0.717) is 5.13 Å². The number of piperidine rings is 1. The van der Waals surface area contributed by atoms with Crippen LogP contribution >= 0.6 is 11.3 Å². The van der Waals surface area contributed by atoms with Crippen LogP contribution in [0.2, 0.25) is 0 Å². The third-order valence-corrected chi connectivity index (χ3v) is 3.62. The summed E-state index contributed by atoms with van der Waals surface area (Å²) >= 11 is 1.53. The Balaban J connectivity index is 1.94. The van der Waals surface area contributed by atoms with Crippen molar-refractivity contribution < 1.29 is 0 Å². The average Bonchev–Trinajstić information content (AvgIpc) is 2.49. The molecule has 1 aromatic heterocycles. The molecule has 2 rings (SSSR count). The summed E-state index contributed by atoms with van der Waals surface area (Å²) in [6, 6.07) is 0. The van der Waals surface area contributed by atoms with Crippen molar-refractivity contribution in [2.24, 2.45) is 11.8 Å². The molecule has 1 fully saturated rings. The van der Waals surface area contributed by atoms with Gasteiger partial charge in [-0.05, 0) is 18.3 Å². The van der Waals surface area contributed by atoms with Crippen molar-refractivity contribution in [3.8, 4) is 0 Å². The highest BCUT2D eigenvalue weighted by Gasteiger charge is 2.22. The number of aromatic nitrogens is 1. The van der Waals surface area contributed by atoms with Crippen LogP contribution in [0.15, 0.2) is 5.38 Å². The second-order valence-corrected chi connectivity index (χ2v) is 5.71. The minimum Gasteiger partial charge on any atom is -0.375 e. The van der Waals surface area contributed by atoms with Crippen molar-refractivity contribution in [1.29, 1.82) is 0 Å². The zero-order valence-electron chi connectivity index (χ0n) is 9.44. The van der Waals surface area contributed by atoms with Crippen LogP contribution in [-0.4, -0.2) is 23.0 Å². The number of nitrogens with zero attached hydrogens (tertiary/aromatic N) is 2. The fourth-order valence-corrected chi connectivity index (χ4v) is 3.10. The number of nitrogen functional groups attached to an aromatic ring is 1. The van der Waals surface area contributed by atoms with Crippen LogP contribution in [0.1, 0.15) is 26.0 Å². The lowest BCUT2D eigenvalue weighted by Gasteiger charge is -2.34. The number of nitrogens with two attached hydrogens (primary N) is 1. The molecule has 0 unspecified atom stereocenters. The van der Waals surface area contributed by atoms with E-state index < -0.39 is 0 Å². The van der Waals surface area contributed by atoms with Gasteiger partial charge in [0, 0.05) is 25.0 Å². The maximum Gasteiger partial charge on any atom is 0.180 e. The first-order valence-electron chi connectivity index (χ1n) is 5.55. The van der Waals surface area contributed by atoms with E-state index in [1.807, 2.05) is 0 Å². The fraction of sp³-hybridized carbons (Fsp3) is 0.727. The highest BCUT2D eigenvalue weighted by Crippen LogP contribution is 2.23. The summed E-state index contributed by atoms with van der Waals surface area (Å²) in [7, 11) is 0. The summed E-state index contributed by atoms with van der Waals surface area (Å²) in [4.78, 5) is 6.80. The molecule has 1 aromatic rings. The summed E-state index contributed by atoms with van der Waals surface area (Å²) in [5.41, 5.74) is 6.75. The summed E-state index contributed by atoms with van der Waals surface area (Å²) in [5.74, 6) is 1.62. The Kier molecular flexibility index (Phi) is 3.26. The predicted octanol–water partition coefficient (Wildman–Crippen LogP) is 2.20. The Hall–Kier alpha value is -0.610. The SMILES string of the molecule is C[C@H]1C[C@H](C)CN(Cc2csc(N)n2)C1. The molecule has 0 aromatic carbocycles. The predicted molar refractivity (Wildman–Crippen MR) is 64.7 cm³/mol. The van der Waals surface area contributed by atoms with Crippen molar-refractivity contribution in [3.63, 3.8) is 0 Å². The molecule has 0 bridgehead atoms. The molecule has 0 amide bonds. The van der Waals surface area contributed by atoms with Gasteiger partial charge < -0.3 is 5.73 Å². The lowest BCUT2D eigenvalue weighted by Crippen LogP contribution is -2.38. The van der Waals surface area contributed by atoms with Gasteiger partial charge in [-0.3, -0.25) is 4.90 Å². The van der Waals surface area contributed by atoms with E-state index >= 15 is 0 Å². The topological polar surface area (TPSA) is 42.1 Å². The van der Waals surface area contributed by atoms with Crippen LogP contribution in [0.5, 0.6) is 0 Å². The highest BCUT2D eigenvalue weighted by molar-refractivity contribution is 7.13. The zero-order valence-corrected chi connectivity index (χ0v) is 10.3. The molecule has 0 spiro atoms. The molecule has 0 aliphatic carbocycles. The van der Waals surface area contributed by atoms with Gasteiger partial charge in [-0.2, -0.15) is 0 Å². The Morgan fingerprint density at radius 2 is 2.13 bits per heavy atom. The molecule has 4 heteroatoms. The largest absolute Gasteiger partial charge is 0.375 e. The van der Waals surface area contributed by atoms with Crippen LogP contribution in [-0.2, 0) is 6.54 Å². The number of likely N-dealkylation sites (tertiary alicyclic amines) is 1. The first-order valence-corrected chi connectivity index (χ1v) is 6.43. The summed E-state index contributed by atoms with van der Waals surface area (Å²) < 4.78 is 0. The molecule has 0 radical (unpaired) electrons. The lowest BCUT2D eigenvalue weighted by atomic mass is 9.92. The van der Waals surface area contributed by atoms with Crippen molar-refractivity contribution in [2.75, 3.05) is 18.8 Å². The molecule has 0 saturated carbocycles. The second kappa shape index (κ2) is 4.49. The quantitative estimate of drug-likeness (QED) is 0.839. The van der Waals surface area contributed by atoms with E-state index in [4.69, 9.17) is 5.73 Å². The smallest absolute Gasteiger partial charge is 0.180 e. The number of thiazole rings is 1. The van der Waals surface area contributed by atoms with Gasteiger partial charge in [0.1, 0.15) is 0 Å². The second-order valence-electron chi connectivity index (χ2n) is 4.82. The maximum atomic E-state index is 5.63. The van der Waals surface area contributed by atoms with Gasteiger partial charge >= 0.3 is 0 Å². The van der Waals surface area contributed by atoms with Gasteiger partial charge in [0.25, 0.3) is 0 Å². The lowest BCUT2D eigenvalue weighted by molar-refractivity contribution is 0.133. The Labute approximate surface area is 95.3 Å². The molecular weight excluding hydrogens is 206 g/mol.